The van der Waals surface area contributed by atoms with Crippen LogP contribution < -0.4 is 10.2 Å². The number of amides is 1. The summed E-state index contributed by atoms with van der Waals surface area (Å²) >= 11 is 0. The second-order valence-electron chi connectivity index (χ2n) is 6.41. The molecule has 1 amide bonds. The molecule has 0 bridgehead atoms. The van der Waals surface area contributed by atoms with Gasteiger partial charge >= 0.3 is 0 Å². The monoisotopic (exact) mass is 386 g/mol. The largest absolute Gasteiger partial charge is 0.383 e. The normalized spacial score (nSPS) is 14.6. The quantitative estimate of drug-likeness (QED) is 0.566. The van der Waals surface area contributed by atoms with E-state index in [-0.39, 0.29) is 11.7 Å². The van der Waals surface area contributed by atoms with Crippen molar-refractivity contribution in [1.82, 2.24) is 35.0 Å². The molecule has 1 aliphatic heterocycles. The van der Waals surface area contributed by atoms with Crippen molar-refractivity contribution in [2.75, 3.05) is 51.5 Å². The van der Waals surface area contributed by atoms with Crippen LogP contribution in [0, 0.1) is 0 Å². The molecule has 1 aliphatic rings. The Bertz CT molecular complexity index is 976. The number of methoxy groups -OCH3 is 1. The Morgan fingerprint density at radius 2 is 2.14 bits per heavy atom. The number of morpholine rings is 1. The fraction of sp³-hybridized carbons (Fsp3) is 0.471. The number of nitrogens with zero attached hydrogens (tertiary/aromatic N) is 6. The first-order chi connectivity index (χ1) is 13.7. The van der Waals surface area contributed by atoms with E-state index in [1.165, 1.54) is 0 Å². The Hall–Kier alpha value is -3.05. The molecule has 0 aliphatic carbocycles. The number of anilines is 1. The van der Waals surface area contributed by atoms with Crippen LogP contribution in [0.2, 0.25) is 0 Å². The van der Waals surface area contributed by atoms with E-state index in [1.54, 1.807) is 18.0 Å². The number of aromatic nitrogens is 6. The summed E-state index contributed by atoms with van der Waals surface area (Å²) < 4.78 is 12.1. The number of rotatable bonds is 6. The Morgan fingerprint density at radius 3 is 2.86 bits per heavy atom. The third-order valence-electron chi connectivity index (χ3n) is 4.41. The highest BCUT2D eigenvalue weighted by molar-refractivity contribution is 5.96. The summed E-state index contributed by atoms with van der Waals surface area (Å²) in [7, 11) is 3.42. The Morgan fingerprint density at radius 1 is 1.32 bits per heavy atom. The van der Waals surface area contributed by atoms with Gasteiger partial charge in [-0.3, -0.25) is 9.48 Å². The smallest absolute Gasteiger partial charge is 0.287 e. The minimum atomic E-state index is -0.314. The van der Waals surface area contributed by atoms with Gasteiger partial charge in [0.1, 0.15) is 5.52 Å². The first-order valence-electron chi connectivity index (χ1n) is 9.02. The number of ether oxygens (including phenoxy) is 2. The molecule has 3 aromatic heterocycles. The van der Waals surface area contributed by atoms with E-state index < -0.39 is 0 Å². The zero-order valence-electron chi connectivity index (χ0n) is 15.8. The van der Waals surface area contributed by atoms with Crippen LogP contribution in [0.1, 0.15) is 10.6 Å². The molecular weight excluding hydrogens is 364 g/mol. The highest BCUT2D eigenvalue weighted by Gasteiger charge is 2.22. The van der Waals surface area contributed by atoms with Gasteiger partial charge in [-0.05, 0) is 0 Å². The summed E-state index contributed by atoms with van der Waals surface area (Å²) in [6.07, 6.45) is 3.55. The van der Waals surface area contributed by atoms with Crippen molar-refractivity contribution in [2.24, 2.45) is 7.05 Å². The zero-order chi connectivity index (χ0) is 19.5. The number of hydrogen-bond donors (Lipinski definition) is 2. The van der Waals surface area contributed by atoms with E-state index >= 15 is 0 Å². The van der Waals surface area contributed by atoms with Gasteiger partial charge in [-0.1, -0.05) is 0 Å². The van der Waals surface area contributed by atoms with Gasteiger partial charge in [0.2, 0.25) is 0 Å². The number of aryl methyl sites for hydroxylation is 1. The van der Waals surface area contributed by atoms with Crippen LogP contribution in [0.3, 0.4) is 0 Å². The van der Waals surface area contributed by atoms with E-state index in [2.05, 4.69) is 30.3 Å². The average molecular weight is 386 g/mol. The minimum Gasteiger partial charge on any atom is -0.383 e. The molecule has 0 aromatic carbocycles. The summed E-state index contributed by atoms with van der Waals surface area (Å²) in [6, 6.07) is 0. The molecule has 1 saturated heterocycles. The number of aromatic amines is 1. The molecule has 28 heavy (non-hydrogen) atoms. The number of imidazole rings is 1. The molecule has 4 heterocycles. The standard InChI is InChI=1S/C17H22N8O3/c1-24-10-11(9-19-24)13-21-14-12(16(23-13)25-4-7-28-8-5-25)20-15(22-14)17(26)18-3-6-27-2/h9-10H,3-8H2,1-2H3,(H,18,26)(H,20,21,22,23). The number of carbonyl (C=O) groups is 1. The van der Waals surface area contributed by atoms with E-state index in [4.69, 9.17) is 14.5 Å². The molecule has 11 nitrogen and oxygen atoms in total. The van der Waals surface area contributed by atoms with Crippen molar-refractivity contribution >= 4 is 22.9 Å². The van der Waals surface area contributed by atoms with Crippen molar-refractivity contribution in [1.29, 1.82) is 0 Å². The number of carbonyl (C=O) groups excluding carboxylic acids is 1. The van der Waals surface area contributed by atoms with Crippen molar-refractivity contribution in [3.8, 4) is 11.4 Å². The Balaban J connectivity index is 1.75. The van der Waals surface area contributed by atoms with Crippen molar-refractivity contribution in [3.05, 3.63) is 18.2 Å². The SMILES string of the molecule is COCCNC(=O)c1nc2nc(-c3cnn(C)c3)nc(N3CCOCC3)c2[nH]1. The van der Waals surface area contributed by atoms with Gasteiger partial charge < -0.3 is 24.7 Å². The summed E-state index contributed by atoms with van der Waals surface area (Å²) in [5.41, 5.74) is 1.85. The molecule has 2 N–H and O–H groups in total. The Labute approximate surface area is 161 Å². The number of H-pyrrole nitrogens is 1. The lowest BCUT2D eigenvalue weighted by Crippen LogP contribution is -2.37. The maximum atomic E-state index is 12.4. The lowest BCUT2D eigenvalue weighted by atomic mass is 10.3. The van der Waals surface area contributed by atoms with Crippen molar-refractivity contribution in [3.63, 3.8) is 0 Å². The molecule has 0 saturated carbocycles. The van der Waals surface area contributed by atoms with Crippen LogP contribution in [0.5, 0.6) is 0 Å². The first-order valence-corrected chi connectivity index (χ1v) is 9.02. The third-order valence-corrected chi connectivity index (χ3v) is 4.41. The van der Waals surface area contributed by atoms with Crippen LogP contribution in [0.25, 0.3) is 22.6 Å². The molecular formula is C17H22N8O3. The lowest BCUT2D eigenvalue weighted by molar-refractivity contribution is 0.0928. The van der Waals surface area contributed by atoms with Gasteiger partial charge in [0.25, 0.3) is 5.91 Å². The van der Waals surface area contributed by atoms with Gasteiger partial charge in [0.05, 0.1) is 31.6 Å². The van der Waals surface area contributed by atoms with Crippen molar-refractivity contribution < 1.29 is 14.3 Å². The van der Waals surface area contributed by atoms with Gasteiger partial charge in [-0.2, -0.15) is 5.10 Å². The number of fused-ring (bicyclic) bond motifs is 1. The van der Waals surface area contributed by atoms with Crippen LogP contribution >= 0.6 is 0 Å². The molecule has 0 unspecified atom stereocenters. The van der Waals surface area contributed by atoms with Crippen LogP contribution in [-0.4, -0.2) is 82.2 Å². The summed E-state index contributed by atoms with van der Waals surface area (Å²) in [5.74, 6) is 1.10. The molecule has 4 rings (SSSR count). The summed E-state index contributed by atoms with van der Waals surface area (Å²) in [6.45, 7) is 3.46. The van der Waals surface area contributed by atoms with Gasteiger partial charge in [0.15, 0.2) is 23.1 Å². The van der Waals surface area contributed by atoms with Gasteiger partial charge in [0, 0.05) is 40.0 Å². The topological polar surface area (TPSA) is 123 Å². The minimum absolute atomic E-state index is 0.193. The molecule has 1 fully saturated rings. The average Bonchev–Trinajstić information content (AvgIpc) is 3.34. The van der Waals surface area contributed by atoms with Gasteiger partial charge in [-0.25, -0.2) is 15.0 Å². The van der Waals surface area contributed by atoms with Gasteiger partial charge in [-0.15, -0.1) is 0 Å². The summed E-state index contributed by atoms with van der Waals surface area (Å²) in [4.78, 5) is 31.2. The molecule has 11 heteroatoms. The molecule has 0 spiro atoms. The Kier molecular flexibility index (Phi) is 5.17. The number of nitrogens with one attached hydrogen (secondary N) is 2. The maximum absolute atomic E-state index is 12.4. The van der Waals surface area contributed by atoms with E-state index in [0.717, 1.165) is 5.56 Å². The van der Waals surface area contributed by atoms with Crippen LogP contribution in [0.4, 0.5) is 5.82 Å². The van der Waals surface area contributed by atoms with E-state index in [9.17, 15) is 4.79 Å². The van der Waals surface area contributed by atoms with E-state index in [0.29, 0.717) is 62.3 Å². The van der Waals surface area contributed by atoms with E-state index in [1.807, 2.05) is 13.2 Å². The number of hydrogen-bond acceptors (Lipinski definition) is 8. The predicted molar refractivity (Wildman–Crippen MR) is 101 cm³/mol. The fourth-order valence-corrected chi connectivity index (χ4v) is 3.01. The zero-order valence-corrected chi connectivity index (χ0v) is 15.8. The highest BCUT2D eigenvalue weighted by atomic mass is 16.5. The third kappa shape index (κ3) is 3.66. The second kappa shape index (κ2) is 7.90. The highest BCUT2D eigenvalue weighted by Crippen LogP contribution is 2.26. The van der Waals surface area contributed by atoms with Crippen molar-refractivity contribution in [2.45, 2.75) is 0 Å². The lowest BCUT2D eigenvalue weighted by Gasteiger charge is -2.28. The molecule has 0 radical (unpaired) electrons. The van der Waals surface area contributed by atoms with Crippen LogP contribution in [-0.2, 0) is 16.5 Å². The molecule has 3 aromatic rings. The molecule has 148 valence electrons. The second-order valence-corrected chi connectivity index (χ2v) is 6.41. The fourth-order valence-electron chi connectivity index (χ4n) is 3.01. The predicted octanol–water partition coefficient (Wildman–Crippen LogP) is -0.0338. The first kappa shape index (κ1) is 18.3. The van der Waals surface area contributed by atoms with Crippen LogP contribution in [0.15, 0.2) is 12.4 Å². The molecule has 0 atom stereocenters. The maximum Gasteiger partial charge on any atom is 0.287 e. The summed E-state index contributed by atoms with van der Waals surface area (Å²) in [5, 5.41) is 6.95.